The molecule has 0 rings (SSSR count). The first-order valence-corrected chi connectivity index (χ1v) is 6.44. The molecule has 90 valence electrons. The van der Waals surface area contributed by atoms with Gasteiger partial charge in [0.25, 0.3) is 0 Å². The molecular weight excluding hydrogens is 212 g/mol. The van der Waals surface area contributed by atoms with Gasteiger partial charge in [-0.1, -0.05) is 0 Å². The number of hydrogen-bond acceptors (Lipinski definition) is 4. The molecule has 0 saturated carbocycles. The second-order valence-electron chi connectivity index (χ2n) is 3.69. The van der Waals surface area contributed by atoms with E-state index in [-0.39, 0.29) is 29.8 Å². The van der Waals surface area contributed by atoms with Crippen LogP contribution < -0.4 is 10.6 Å². The van der Waals surface area contributed by atoms with Gasteiger partial charge < -0.3 is 15.7 Å². The number of rotatable bonds is 7. The molecule has 15 heavy (non-hydrogen) atoms. The Labute approximate surface area is 96.2 Å². The van der Waals surface area contributed by atoms with Gasteiger partial charge in [0.1, 0.15) is 0 Å². The Bertz CT molecular complexity index is 186. The molecule has 0 aromatic carbocycles. The Morgan fingerprint density at radius 3 is 2.47 bits per heavy atom. The summed E-state index contributed by atoms with van der Waals surface area (Å²) in [5.74, 6) is 0.0342. The average molecular weight is 234 g/mol. The second kappa shape index (κ2) is 7.96. The number of aliphatic hydroxyl groups is 1. The summed E-state index contributed by atoms with van der Waals surface area (Å²) >= 11 is 1.63. The molecule has 1 amide bonds. The highest BCUT2D eigenvalue weighted by Gasteiger charge is 2.17. The zero-order valence-electron chi connectivity index (χ0n) is 9.91. The van der Waals surface area contributed by atoms with Crippen LogP contribution in [0.5, 0.6) is 0 Å². The molecule has 3 unspecified atom stereocenters. The third kappa shape index (κ3) is 6.02. The molecule has 3 atom stereocenters. The minimum Gasteiger partial charge on any atom is -0.395 e. The highest BCUT2D eigenvalue weighted by molar-refractivity contribution is 7.99. The molecule has 0 aliphatic rings. The van der Waals surface area contributed by atoms with Crippen molar-refractivity contribution in [2.45, 2.75) is 37.6 Å². The molecule has 0 heterocycles. The summed E-state index contributed by atoms with van der Waals surface area (Å²) in [7, 11) is 1.64. The van der Waals surface area contributed by atoms with Crippen LogP contribution in [0.2, 0.25) is 0 Å². The first-order valence-electron chi connectivity index (χ1n) is 5.15. The molecule has 0 fully saturated rings. The van der Waals surface area contributed by atoms with Crippen LogP contribution in [0.4, 0.5) is 0 Å². The molecule has 5 heteroatoms. The van der Waals surface area contributed by atoms with E-state index in [1.807, 2.05) is 20.1 Å². The predicted molar refractivity (Wildman–Crippen MR) is 65.1 cm³/mol. The van der Waals surface area contributed by atoms with Crippen LogP contribution in [0.15, 0.2) is 0 Å². The SMILES string of the molecule is CNC(=O)CC(C)NC(C)C(CO)SC. The molecule has 0 spiro atoms. The van der Waals surface area contributed by atoms with E-state index in [2.05, 4.69) is 10.6 Å². The fraction of sp³-hybridized carbons (Fsp3) is 0.900. The Hall–Kier alpha value is -0.260. The largest absolute Gasteiger partial charge is 0.395 e. The van der Waals surface area contributed by atoms with Crippen molar-refractivity contribution in [3.63, 3.8) is 0 Å². The highest BCUT2D eigenvalue weighted by Crippen LogP contribution is 2.11. The lowest BCUT2D eigenvalue weighted by atomic mass is 10.1. The molecule has 0 aliphatic heterocycles. The Balaban J connectivity index is 3.93. The summed E-state index contributed by atoms with van der Waals surface area (Å²) in [6.45, 7) is 4.15. The van der Waals surface area contributed by atoms with E-state index in [0.29, 0.717) is 6.42 Å². The van der Waals surface area contributed by atoms with E-state index < -0.39 is 0 Å². The van der Waals surface area contributed by atoms with E-state index in [0.717, 1.165) is 0 Å². The number of amides is 1. The minimum atomic E-state index is 0.0342. The smallest absolute Gasteiger partial charge is 0.221 e. The Morgan fingerprint density at radius 1 is 1.47 bits per heavy atom. The zero-order valence-corrected chi connectivity index (χ0v) is 10.7. The van der Waals surface area contributed by atoms with Gasteiger partial charge in [-0.15, -0.1) is 0 Å². The summed E-state index contributed by atoms with van der Waals surface area (Å²) in [5, 5.41) is 15.2. The van der Waals surface area contributed by atoms with Crippen LogP contribution in [0.3, 0.4) is 0 Å². The van der Waals surface area contributed by atoms with Gasteiger partial charge in [0.05, 0.1) is 6.61 Å². The van der Waals surface area contributed by atoms with Crippen molar-refractivity contribution in [3.8, 4) is 0 Å². The summed E-state index contributed by atoms with van der Waals surface area (Å²) in [6.07, 6.45) is 2.44. The fourth-order valence-electron chi connectivity index (χ4n) is 1.43. The lowest BCUT2D eigenvalue weighted by Crippen LogP contribution is -2.44. The second-order valence-corrected chi connectivity index (χ2v) is 4.77. The van der Waals surface area contributed by atoms with Crippen LogP contribution in [0.1, 0.15) is 20.3 Å². The minimum absolute atomic E-state index is 0.0342. The number of nitrogens with one attached hydrogen (secondary N) is 2. The van der Waals surface area contributed by atoms with Gasteiger partial charge >= 0.3 is 0 Å². The van der Waals surface area contributed by atoms with Crippen LogP contribution >= 0.6 is 11.8 Å². The number of aliphatic hydroxyl groups excluding tert-OH is 1. The molecular formula is C10H22N2O2S. The van der Waals surface area contributed by atoms with Gasteiger partial charge in [0.2, 0.25) is 5.91 Å². The fourth-order valence-corrected chi connectivity index (χ4v) is 2.07. The van der Waals surface area contributed by atoms with Crippen molar-refractivity contribution >= 4 is 17.7 Å². The third-order valence-electron chi connectivity index (χ3n) is 2.36. The first-order chi connectivity index (χ1) is 7.04. The van der Waals surface area contributed by atoms with Crippen molar-refractivity contribution in [2.24, 2.45) is 0 Å². The van der Waals surface area contributed by atoms with E-state index >= 15 is 0 Å². The van der Waals surface area contributed by atoms with Crippen molar-refractivity contribution in [2.75, 3.05) is 19.9 Å². The third-order valence-corrected chi connectivity index (χ3v) is 3.52. The Kier molecular flexibility index (Phi) is 7.82. The lowest BCUT2D eigenvalue weighted by Gasteiger charge is -2.25. The van der Waals surface area contributed by atoms with Gasteiger partial charge in [-0.3, -0.25) is 4.79 Å². The van der Waals surface area contributed by atoms with Crippen molar-refractivity contribution in [1.29, 1.82) is 0 Å². The summed E-state index contributed by atoms with van der Waals surface area (Å²) in [5.41, 5.74) is 0. The first kappa shape index (κ1) is 14.7. The van der Waals surface area contributed by atoms with Crippen LogP contribution in [-0.4, -0.2) is 48.3 Å². The normalized spacial score (nSPS) is 16.9. The van der Waals surface area contributed by atoms with Gasteiger partial charge in [-0.25, -0.2) is 0 Å². The molecule has 0 saturated heterocycles. The van der Waals surface area contributed by atoms with Gasteiger partial charge in [0, 0.05) is 30.8 Å². The Morgan fingerprint density at radius 2 is 2.07 bits per heavy atom. The predicted octanol–water partition coefficient (Wildman–Crippen LogP) is 0.213. The van der Waals surface area contributed by atoms with Gasteiger partial charge in [-0.05, 0) is 20.1 Å². The summed E-state index contributed by atoms with van der Waals surface area (Å²) < 4.78 is 0. The van der Waals surface area contributed by atoms with E-state index in [4.69, 9.17) is 5.11 Å². The van der Waals surface area contributed by atoms with Crippen LogP contribution in [-0.2, 0) is 4.79 Å². The molecule has 0 aromatic heterocycles. The van der Waals surface area contributed by atoms with E-state index in [1.54, 1.807) is 18.8 Å². The molecule has 0 radical (unpaired) electrons. The number of hydrogen-bond donors (Lipinski definition) is 3. The topological polar surface area (TPSA) is 61.4 Å². The standard InChI is InChI=1S/C10H22N2O2S/c1-7(5-10(14)11-3)12-8(2)9(6-13)15-4/h7-9,12-13H,5-6H2,1-4H3,(H,11,14). The molecule has 0 bridgehead atoms. The monoisotopic (exact) mass is 234 g/mol. The van der Waals surface area contributed by atoms with Crippen molar-refractivity contribution in [3.05, 3.63) is 0 Å². The van der Waals surface area contributed by atoms with Crippen LogP contribution in [0.25, 0.3) is 0 Å². The maximum atomic E-state index is 11.1. The summed E-state index contributed by atoms with van der Waals surface area (Å²) in [6, 6.07) is 0.325. The highest BCUT2D eigenvalue weighted by atomic mass is 32.2. The molecule has 0 aromatic rings. The zero-order chi connectivity index (χ0) is 11.8. The number of carbonyl (C=O) groups excluding carboxylic acids is 1. The van der Waals surface area contributed by atoms with Crippen molar-refractivity contribution in [1.82, 2.24) is 10.6 Å². The van der Waals surface area contributed by atoms with E-state index in [9.17, 15) is 4.79 Å². The van der Waals surface area contributed by atoms with Crippen LogP contribution in [0, 0.1) is 0 Å². The maximum Gasteiger partial charge on any atom is 0.221 e. The number of thioether (sulfide) groups is 1. The average Bonchev–Trinajstić information content (AvgIpc) is 2.19. The lowest BCUT2D eigenvalue weighted by molar-refractivity contribution is -0.121. The quantitative estimate of drug-likeness (QED) is 0.589. The van der Waals surface area contributed by atoms with Gasteiger partial charge in [-0.2, -0.15) is 11.8 Å². The molecule has 3 N–H and O–H groups in total. The van der Waals surface area contributed by atoms with Crippen molar-refractivity contribution < 1.29 is 9.90 Å². The molecule has 0 aliphatic carbocycles. The maximum absolute atomic E-state index is 11.1. The van der Waals surface area contributed by atoms with Gasteiger partial charge in [0.15, 0.2) is 0 Å². The van der Waals surface area contributed by atoms with E-state index in [1.165, 1.54) is 0 Å². The number of carbonyl (C=O) groups is 1. The summed E-state index contributed by atoms with van der Waals surface area (Å²) in [4.78, 5) is 11.1. The molecule has 4 nitrogen and oxygen atoms in total.